The fourth-order valence-corrected chi connectivity index (χ4v) is 2.94. The van der Waals surface area contributed by atoms with Gasteiger partial charge in [-0.3, -0.25) is 0 Å². The maximum atomic E-state index is 12.3. The van der Waals surface area contributed by atoms with Crippen LogP contribution in [0.1, 0.15) is 31.4 Å². The molecule has 0 aliphatic carbocycles. The van der Waals surface area contributed by atoms with Gasteiger partial charge in [0.1, 0.15) is 0 Å². The third-order valence-corrected chi connectivity index (χ3v) is 4.20. The van der Waals surface area contributed by atoms with Crippen molar-refractivity contribution in [3.8, 4) is 0 Å². The summed E-state index contributed by atoms with van der Waals surface area (Å²) in [6.45, 7) is 4.62. The van der Waals surface area contributed by atoms with E-state index in [0.717, 1.165) is 19.5 Å². The average Bonchev–Trinajstić information content (AvgIpc) is 2.48. The van der Waals surface area contributed by atoms with Gasteiger partial charge in [-0.15, -0.1) is 0 Å². The standard InChI is InChI=1S/C17H27N3O/c1-14-8-7-11-20(13-14)17(21)18-12-16(19(2)3)15-9-5-4-6-10-15/h4-6,9-10,14,16H,7-8,11-13H2,1-3H3,(H,18,21). The van der Waals surface area contributed by atoms with Gasteiger partial charge < -0.3 is 15.1 Å². The second kappa shape index (κ2) is 7.46. The van der Waals surface area contributed by atoms with E-state index < -0.39 is 0 Å². The number of benzene rings is 1. The normalized spacial score (nSPS) is 20.4. The first-order valence-electron chi connectivity index (χ1n) is 7.82. The molecule has 0 radical (unpaired) electrons. The van der Waals surface area contributed by atoms with Crippen LogP contribution in [0.2, 0.25) is 0 Å². The largest absolute Gasteiger partial charge is 0.336 e. The van der Waals surface area contributed by atoms with Crippen molar-refractivity contribution in [2.45, 2.75) is 25.8 Å². The minimum atomic E-state index is 0.0735. The summed E-state index contributed by atoms with van der Waals surface area (Å²) in [5.41, 5.74) is 1.23. The monoisotopic (exact) mass is 289 g/mol. The van der Waals surface area contributed by atoms with Gasteiger partial charge in [-0.05, 0) is 38.4 Å². The zero-order valence-electron chi connectivity index (χ0n) is 13.4. The highest BCUT2D eigenvalue weighted by molar-refractivity contribution is 5.74. The van der Waals surface area contributed by atoms with Gasteiger partial charge in [0.2, 0.25) is 0 Å². The van der Waals surface area contributed by atoms with E-state index >= 15 is 0 Å². The van der Waals surface area contributed by atoms with E-state index in [1.54, 1.807) is 0 Å². The second-order valence-electron chi connectivity index (χ2n) is 6.27. The van der Waals surface area contributed by atoms with E-state index in [1.165, 1.54) is 12.0 Å². The molecule has 1 aromatic rings. The molecule has 0 bridgehead atoms. The molecule has 1 heterocycles. The summed E-state index contributed by atoms with van der Waals surface area (Å²) < 4.78 is 0. The summed E-state index contributed by atoms with van der Waals surface area (Å²) in [6, 6.07) is 10.6. The van der Waals surface area contributed by atoms with E-state index in [-0.39, 0.29) is 12.1 Å². The van der Waals surface area contributed by atoms with Crippen LogP contribution >= 0.6 is 0 Å². The molecule has 2 rings (SSSR count). The fraction of sp³-hybridized carbons (Fsp3) is 0.588. The maximum absolute atomic E-state index is 12.3. The molecular weight excluding hydrogens is 262 g/mol. The quantitative estimate of drug-likeness (QED) is 0.925. The molecule has 0 spiro atoms. The minimum absolute atomic E-state index is 0.0735. The molecule has 2 atom stereocenters. The van der Waals surface area contributed by atoms with Gasteiger partial charge in [-0.2, -0.15) is 0 Å². The molecule has 1 aliphatic rings. The van der Waals surface area contributed by atoms with E-state index in [4.69, 9.17) is 0 Å². The van der Waals surface area contributed by atoms with Crippen LogP contribution in [0.15, 0.2) is 30.3 Å². The first kappa shape index (κ1) is 15.8. The predicted octanol–water partition coefficient (Wildman–Crippen LogP) is 2.73. The molecule has 1 aliphatic heterocycles. The fourth-order valence-electron chi connectivity index (χ4n) is 2.94. The maximum Gasteiger partial charge on any atom is 0.317 e. The molecule has 1 saturated heterocycles. The Balaban J connectivity index is 1.91. The van der Waals surface area contributed by atoms with Crippen molar-refractivity contribution >= 4 is 6.03 Å². The van der Waals surface area contributed by atoms with Gasteiger partial charge in [-0.25, -0.2) is 4.79 Å². The summed E-state index contributed by atoms with van der Waals surface area (Å²) in [4.78, 5) is 16.4. The number of carbonyl (C=O) groups is 1. The number of rotatable bonds is 4. The third-order valence-electron chi connectivity index (χ3n) is 4.20. The molecule has 4 heteroatoms. The van der Waals surface area contributed by atoms with Crippen LogP contribution in [0.4, 0.5) is 4.79 Å². The number of nitrogens with one attached hydrogen (secondary N) is 1. The molecule has 2 amide bonds. The summed E-state index contributed by atoms with van der Waals surface area (Å²) >= 11 is 0. The van der Waals surface area contributed by atoms with E-state index in [9.17, 15) is 4.79 Å². The van der Waals surface area contributed by atoms with Crippen LogP contribution < -0.4 is 5.32 Å². The zero-order chi connectivity index (χ0) is 15.2. The van der Waals surface area contributed by atoms with Crippen molar-refractivity contribution in [3.05, 3.63) is 35.9 Å². The number of likely N-dealkylation sites (tertiary alicyclic amines) is 1. The highest BCUT2D eigenvalue weighted by Gasteiger charge is 2.22. The SMILES string of the molecule is CC1CCCN(C(=O)NCC(c2ccccc2)N(C)C)C1. The number of carbonyl (C=O) groups excluding carboxylic acids is 1. The van der Waals surface area contributed by atoms with Crippen molar-refractivity contribution in [1.29, 1.82) is 0 Å². The molecule has 0 saturated carbocycles. The molecule has 1 fully saturated rings. The van der Waals surface area contributed by atoms with Crippen molar-refractivity contribution < 1.29 is 4.79 Å². The van der Waals surface area contributed by atoms with Crippen LogP contribution in [0.5, 0.6) is 0 Å². The number of likely N-dealkylation sites (N-methyl/N-ethyl adjacent to an activating group) is 1. The number of urea groups is 1. The van der Waals surface area contributed by atoms with Gasteiger partial charge in [0.15, 0.2) is 0 Å². The van der Waals surface area contributed by atoms with Crippen molar-refractivity contribution in [2.75, 3.05) is 33.7 Å². The van der Waals surface area contributed by atoms with Gasteiger partial charge in [-0.1, -0.05) is 37.3 Å². The van der Waals surface area contributed by atoms with E-state index in [1.807, 2.05) is 37.2 Å². The van der Waals surface area contributed by atoms with Crippen molar-refractivity contribution in [3.63, 3.8) is 0 Å². The highest BCUT2D eigenvalue weighted by Crippen LogP contribution is 2.18. The topological polar surface area (TPSA) is 35.6 Å². The second-order valence-corrected chi connectivity index (χ2v) is 6.27. The number of piperidine rings is 1. The average molecular weight is 289 g/mol. The summed E-state index contributed by atoms with van der Waals surface area (Å²) in [7, 11) is 4.10. The lowest BCUT2D eigenvalue weighted by molar-refractivity contribution is 0.166. The minimum Gasteiger partial charge on any atom is -0.336 e. The zero-order valence-corrected chi connectivity index (χ0v) is 13.4. The molecule has 1 aromatic carbocycles. The van der Waals surface area contributed by atoms with Crippen LogP contribution in [-0.4, -0.2) is 49.6 Å². The number of hydrogen-bond donors (Lipinski definition) is 1. The Morgan fingerprint density at radius 3 is 2.71 bits per heavy atom. The van der Waals surface area contributed by atoms with Gasteiger partial charge >= 0.3 is 6.03 Å². The summed E-state index contributed by atoms with van der Waals surface area (Å²) in [5.74, 6) is 0.614. The van der Waals surface area contributed by atoms with E-state index in [2.05, 4.69) is 29.3 Å². The van der Waals surface area contributed by atoms with Crippen LogP contribution in [-0.2, 0) is 0 Å². The molecular formula is C17H27N3O. The molecule has 2 unspecified atom stereocenters. The smallest absolute Gasteiger partial charge is 0.317 e. The Kier molecular flexibility index (Phi) is 5.62. The number of nitrogens with zero attached hydrogens (tertiary/aromatic N) is 2. The number of hydrogen-bond acceptors (Lipinski definition) is 2. The summed E-state index contributed by atoms with van der Waals surface area (Å²) in [5, 5.41) is 3.10. The molecule has 0 aromatic heterocycles. The van der Waals surface area contributed by atoms with E-state index in [0.29, 0.717) is 12.5 Å². The molecule has 4 nitrogen and oxygen atoms in total. The lowest BCUT2D eigenvalue weighted by atomic mass is 10.0. The lowest BCUT2D eigenvalue weighted by Gasteiger charge is -2.32. The van der Waals surface area contributed by atoms with Gasteiger partial charge in [0, 0.05) is 19.6 Å². The first-order valence-corrected chi connectivity index (χ1v) is 7.82. The lowest BCUT2D eigenvalue weighted by Crippen LogP contribution is -2.47. The van der Waals surface area contributed by atoms with Crippen LogP contribution in [0, 0.1) is 5.92 Å². The van der Waals surface area contributed by atoms with Gasteiger partial charge in [0.05, 0.1) is 6.04 Å². The van der Waals surface area contributed by atoms with Gasteiger partial charge in [0.25, 0.3) is 0 Å². The molecule has 116 valence electrons. The first-order chi connectivity index (χ1) is 10.1. The van der Waals surface area contributed by atoms with Crippen molar-refractivity contribution in [1.82, 2.24) is 15.1 Å². The highest BCUT2D eigenvalue weighted by atomic mass is 16.2. The Bertz CT molecular complexity index is 447. The predicted molar refractivity (Wildman–Crippen MR) is 86.2 cm³/mol. The Hall–Kier alpha value is -1.55. The third kappa shape index (κ3) is 4.46. The molecule has 21 heavy (non-hydrogen) atoms. The van der Waals surface area contributed by atoms with Crippen molar-refractivity contribution in [2.24, 2.45) is 5.92 Å². The Morgan fingerprint density at radius 1 is 1.38 bits per heavy atom. The molecule has 1 N–H and O–H groups in total. The summed E-state index contributed by atoms with van der Waals surface area (Å²) in [6.07, 6.45) is 2.35. The van der Waals surface area contributed by atoms with Crippen LogP contribution in [0.3, 0.4) is 0 Å². The number of amides is 2. The van der Waals surface area contributed by atoms with Crippen LogP contribution in [0.25, 0.3) is 0 Å². The Labute approximate surface area is 128 Å². The Morgan fingerprint density at radius 2 is 2.10 bits per heavy atom.